The van der Waals surface area contributed by atoms with Gasteiger partial charge in [-0.2, -0.15) is 13.2 Å². The van der Waals surface area contributed by atoms with Crippen molar-refractivity contribution in [2.45, 2.75) is 32.0 Å². The lowest BCUT2D eigenvalue weighted by Crippen LogP contribution is -2.62. The minimum atomic E-state index is -4.32. The molecule has 1 atom stereocenters. The standard InChI is InChI=1S/C9H14F3NO2/c1-6(3-9(10,11)12)7(14)13-4-8(2,15)5-13/h6,15H,3-5H2,1-2H3. The molecular weight excluding hydrogens is 211 g/mol. The fourth-order valence-corrected chi connectivity index (χ4v) is 1.68. The molecule has 1 N–H and O–H groups in total. The van der Waals surface area contributed by atoms with Gasteiger partial charge in [-0.15, -0.1) is 0 Å². The lowest BCUT2D eigenvalue weighted by Gasteiger charge is -2.45. The van der Waals surface area contributed by atoms with Crippen LogP contribution in [0.3, 0.4) is 0 Å². The molecule has 0 bridgehead atoms. The van der Waals surface area contributed by atoms with Gasteiger partial charge in [-0.05, 0) is 6.92 Å². The van der Waals surface area contributed by atoms with Gasteiger partial charge in [-0.3, -0.25) is 4.79 Å². The molecule has 0 aliphatic carbocycles. The van der Waals surface area contributed by atoms with Crippen LogP contribution in [0.15, 0.2) is 0 Å². The van der Waals surface area contributed by atoms with Crippen molar-refractivity contribution in [2.24, 2.45) is 5.92 Å². The summed E-state index contributed by atoms with van der Waals surface area (Å²) in [7, 11) is 0. The molecule has 1 unspecified atom stereocenters. The Bertz CT molecular complexity index is 255. The van der Waals surface area contributed by atoms with Gasteiger partial charge in [0.1, 0.15) is 0 Å². The fraction of sp³-hybridized carbons (Fsp3) is 0.889. The van der Waals surface area contributed by atoms with Crippen LogP contribution >= 0.6 is 0 Å². The van der Waals surface area contributed by atoms with E-state index in [1.165, 1.54) is 11.8 Å². The molecule has 3 nitrogen and oxygen atoms in total. The van der Waals surface area contributed by atoms with E-state index in [9.17, 15) is 23.1 Å². The van der Waals surface area contributed by atoms with Crippen molar-refractivity contribution >= 4 is 5.91 Å². The van der Waals surface area contributed by atoms with Gasteiger partial charge in [-0.1, -0.05) is 6.92 Å². The van der Waals surface area contributed by atoms with Crippen molar-refractivity contribution in [3.05, 3.63) is 0 Å². The fourth-order valence-electron chi connectivity index (χ4n) is 1.68. The zero-order valence-corrected chi connectivity index (χ0v) is 8.64. The number of alkyl halides is 3. The van der Waals surface area contributed by atoms with Gasteiger partial charge in [-0.25, -0.2) is 0 Å². The first-order valence-electron chi connectivity index (χ1n) is 4.69. The van der Waals surface area contributed by atoms with Crippen LogP contribution in [-0.2, 0) is 4.79 Å². The summed E-state index contributed by atoms with van der Waals surface area (Å²) >= 11 is 0. The number of rotatable bonds is 2. The number of amides is 1. The Balaban J connectivity index is 2.42. The summed E-state index contributed by atoms with van der Waals surface area (Å²) in [5.41, 5.74) is -0.937. The van der Waals surface area contributed by atoms with Crippen LogP contribution in [-0.4, -0.2) is 40.8 Å². The molecule has 1 saturated heterocycles. The predicted octanol–water partition coefficient (Wildman–Crippen LogP) is 1.17. The van der Waals surface area contributed by atoms with Crippen molar-refractivity contribution in [3.8, 4) is 0 Å². The number of β-amino-alcohol motifs (C(OH)–C–C–N with tert-alkyl or cyclic N) is 1. The van der Waals surface area contributed by atoms with E-state index in [4.69, 9.17) is 0 Å². The molecule has 0 radical (unpaired) electrons. The molecule has 0 spiro atoms. The topological polar surface area (TPSA) is 40.5 Å². The van der Waals surface area contributed by atoms with Crippen LogP contribution in [0.4, 0.5) is 13.2 Å². The van der Waals surface area contributed by atoms with Crippen molar-refractivity contribution in [3.63, 3.8) is 0 Å². The zero-order valence-electron chi connectivity index (χ0n) is 8.64. The van der Waals surface area contributed by atoms with E-state index < -0.39 is 30.0 Å². The van der Waals surface area contributed by atoms with Gasteiger partial charge in [0, 0.05) is 5.92 Å². The molecule has 6 heteroatoms. The maximum atomic E-state index is 12.0. The molecule has 15 heavy (non-hydrogen) atoms. The highest BCUT2D eigenvalue weighted by molar-refractivity contribution is 5.79. The van der Waals surface area contributed by atoms with E-state index in [-0.39, 0.29) is 13.1 Å². The second kappa shape index (κ2) is 3.66. The summed E-state index contributed by atoms with van der Waals surface area (Å²) in [4.78, 5) is 12.7. The number of carbonyl (C=O) groups is 1. The summed E-state index contributed by atoms with van der Waals surface area (Å²) in [5, 5.41) is 9.33. The minimum absolute atomic E-state index is 0.119. The summed E-state index contributed by atoms with van der Waals surface area (Å²) in [6, 6.07) is 0. The smallest absolute Gasteiger partial charge is 0.386 e. The summed E-state index contributed by atoms with van der Waals surface area (Å²) < 4.78 is 36.0. The number of nitrogens with zero attached hydrogens (tertiary/aromatic N) is 1. The molecule has 0 aromatic heterocycles. The highest BCUT2D eigenvalue weighted by Crippen LogP contribution is 2.28. The van der Waals surface area contributed by atoms with Gasteiger partial charge < -0.3 is 10.0 Å². The van der Waals surface area contributed by atoms with Crippen LogP contribution in [0.5, 0.6) is 0 Å². The van der Waals surface area contributed by atoms with Crippen LogP contribution in [0, 0.1) is 5.92 Å². The van der Waals surface area contributed by atoms with Crippen molar-refractivity contribution in [1.82, 2.24) is 4.90 Å². The molecule has 1 rings (SSSR count). The van der Waals surface area contributed by atoms with Gasteiger partial charge in [0.25, 0.3) is 0 Å². The van der Waals surface area contributed by atoms with Crippen molar-refractivity contribution in [1.29, 1.82) is 0 Å². The summed E-state index contributed by atoms with van der Waals surface area (Å²) in [6.45, 7) is 3.04. The second-order valence-electron chi connectivity index (χ2n) is 4.41. The minimum Gasteiger partial charge on any atom is -0.386 e. The van der Waals surface area contributed by atoms with E-state index in [2.05, 4.69) is 0 Å². The molecule has 1 amide bonds. The highest BCUT2D eigenvalue weighted by Gasteiger charge is 2.42. The number of likely N-dealkylation sites (tertiary alicyclic amines) is 1. The van der Waals surface area contributed by atoms with Crippen LogP contribution in [0.2, 0.25) is 0 Å². The Hall–Kier alpha value is -0.780. The van der Waals surface area contributed by atoms with E-state index >= 15 is 0 Å². The molecule has 1 fully saturated rings. The largest absolute Gasteiger partial charge is 0.389 e. The zero-order chi connectivity index (χ0) is 11.9. The lowest BCUT2D eigenvalue weighted by atomic mass is 9.94. The van der Waals surface area contributed by atoms with E-state index in [1.54, 1.807) is 6.92 Å². The Labute approximate surface area is 85.9 Å². The third-order valence-corrected chi connectivity index (χ3v) is 2.33. The highest BCUT2D eigenvalue weighted by atomic mass is 19.4. The van der Waals surface area contributed by atoms with Crippen LogP contribution in [0.1, 0.15) is 20.3 Å². The Morgan fingerprint density at radius 1 is 1.53 bits per heavy atom. The average Bonchev–Trinajstić information content (AvgIpc) is 1.95. The van der Waals surface area contributed by atoms with Gasteiger partial charge in [0.05, 0.1) is 25.1 Å². The first-order valence-corrected chi connectivity index (χ1v) is 4.69. The number of carbonyl (C=O) groups excluding carboxylic acids is 1. The maximum absolute atomic E-state index is 12.0. The van der Waals surface area contributed by atoms with E-state index in [1.807, 2.05) is 0 Å². The number of halogens is 3. The molecule has 0 aromatic carbocycles. The van der Waals surface area contributed by atoms with E-state index in [0.29, 0.717) is 0 Å². The van der Waals surface area contributed by atoms with Crippen molar-refractivity contribution in [2.75, 3.05) is 13.1 Å². The molecule has 1 aliphatic rings. The first kappa shape index (κ1) is 12.3. The van der Waals surface area contributed by atoms with Crippen LogP contribution < -0.4 is 0 Å². The summed E-state index contributed by atoms with van der Waals surface area (Å²) in [6.07, 6.45) is -5.42. The molecular formula is C9H14F3NO2. The van der Waals surface area contributed by atoms with Crippen LogP contribution in [0.25, 0.3) is 0 Å². The molecule has 1 heterocycles. The SMILES string of the molecule is CC(CC(F)(F)F)C(=O)N1CC(C)(O)C1. The third-order valence-electron chi connectivity index (χ3n) is 2.33. The molecule has 88 valence electrons. The molecule has 0 aromatic rings. The quantitative estimate of drug-likeness (QED) is 0.766. The number of hydrogen-bond acceptors (Lipinski definition) is 2. The van der Waals surface area contributed by atoms with Gasteiger partial charge >= 0.3 is 6.18 Å². The first-order chi connectivity index (χ1) is 6.61. The Kier molecular flexibility index (Phi) is 3.00. The normalized spacial score (nSPS) is 22.1. The third kappa shape index (κ3) is 3.37. The van der Waals surface area contributed by atoms with E-state index in [0.717, 1.165) is 0 Å². The molecule has 1 aliphatic heterocycles. The average molecular weight is 225 g/mol. The van der Waals surface area contributed by atoms with Gasteiger partial charge in [0.2, 0.25) is 5.91 Å². The second-order valence-corrected chi connectivity index (χ2v) is 4.41. The number of hydrogen-bond donors (Lipinski definition) is 1. The monoisotopic (exact) mass is 225 g/mol. The van der Waals surface area contributed by atoms with Gasteiger partial charge in [0.15, 0.2) is 0 Å². The lowest BCUT2D eigenvalue weighted by molar-refractivity contribution is -0.170. The summed E-state index contributed by atoms with van der Waals surface area (Å²) in [5.74, 6) is -1.61. The Morgan fingerprint density at radius 3 is 2.33 bits per heavy atom. The Morgan fingerprint density at radius 2 is 2.00 bits per heavy atom. The maximum Gasteiger partial charge on any atom is 0.389 e. The predicted molar refractivity (Wildman–Crippen MR) is 47.0 cm³/mol. The number of aliphatic hydroxyl groups is 1. The van der Waals surface area contributed by atoms with Crippen molar-refractivity contribution < 1.29 is 23.1 Å². The molecule has 0 saturated carbocycles.